The van der Waals surface area contributed by atoms with Crippen LogP contribution in [0.2, 0.25) is 0 Å². The van der Waals surface area contributed by atoms with Gasteiger partial charge >= 0.3 is 0 Å². The molecule has 35 heavy (non-hydrogen) atoms. The minimum atomic E-state index is -0.397. The standard InChI is InChI=1S/C23H18FN7.2C2H6/c1-2-14-3-6-16(7-4-14)31-22-19(30-23(31)20-21(25)27-12-11-26-20)10-9-18(29-22)17-8-5-15(24)13-28-17;2*1-2/h3-13H,2H2,1H3,(H2,25,27);2*1-2H3. The molecule has 5 aromatic rings. The summed E-state index contributed by atoms with van der Waals surface area (Å²) in [4.78, 5) is 22.3. The fourth-order valence-electron chi connectivity index (χ4n) is 3.43. The number of halogens is 1. The van der Waals surface area contributed by atoms with Gasteiger partial charge < -0.3 is 5.73 Å². The van der Waals surface area contributed by atoms with E-state index in [0.29, 0.717) is 34.1 Å². The van der Waals surface area contributed by atoms with E-state index in [0.717, 1.165) is 12.1 Å². The van der Waals surface area contributed by atoms with Crippen molar-refractivity contribution in [1.82, 2.24) is 29.5 Å². The van der Waals surface area contributed by atoms with Gasteiger partial charge in [-0.3, -0.25) is 9.55 Å². The number of fused-ring (bicyclic) bond motifs is 1. The number of nitrogen functional groups attached to an aromatic ring is 1. The average Bonchev–Trinajstić information content (AvgIpc) is 3.30. The van der Waals surface area contributed by atoms with Gasteiger partial charge in [-0.25, -0.2) is 24.3 Å². The van der Waals surface area contributed by atoms with Gasteiger partial charge in [-0.2, -0.15) is 0 Å². The zero-order chi connectivity index (χ0) is 25.4. The van der Waals surface area contributed by atoms with Crippen molar-refractivity contribution in [3.05, 3.63) is 78.5 Å². The summed E-state index contributed by atoms with van der Waals surface area (Å²) in [5.74, 6) is 0.428. The summed E-state index contributed by atoms with van der Waals surface area (Å²) in [6.07, 6.45) is 5.23. The first-order chi connectivity index (χ1) is 17.1. The molecule has 0 aliphatic carbocycles. The van der Waals surface area contributed by atoms with E-state index in [2.05, 4.69) is 34.0 Å². The maximum Gasteiger partial charge on any atom is 0.169 e. The molecule has 1 aromatic carbocycles. The second kappa shape index (κ2) is 11.8. The SMILES string of the molecule is CC.CC.CCc1ccc(-n2c(-c3nccnc3N)nc3ccc(-c4ccc(F)cn4)nc32)cc1. The van der Waals surface area contributed by atoms with Crippen molar-refractivity contribution in [2.45, 2.75) is 41.0 Å². The van der Waals surface area contributed by atoms with E-state index in [-0.39, 0.29) is 5.82 Å². The molecule has 0 bridgehead atoms. The van der Waals surface area contributed by atoms with Gasteiger partial charge in [-0.05, 0) is 48.4 Å². The van der Waals surface area contributed by atoms with Gasteiger partial charge in [0.2, 0.25) is 0 Å². The van der Waals surface area contributed by atoms with Gasteiger partial charge in [0.05, 0.1) is 17.6 Å². The van der Waals surface area contributed by atoms with E-state index < -0.39 is 5.82 Å². The smallest absolute Gasteiger partial charge is 0.169 e. The van der Waals surface area contributed by atoms with E-state index in [4.69, 9.17) is 15.7 Å². The van der Waals surface area contributed by atoms with Crippen molar-refractivity contribution in [2.75, 3.05) is 5.73 Å². The Labute approximate surface area is 205 Å². The zero-order valence-corrected chi connectivity index (χ0v) is 20.7. The summed E-state index contributed by atoms with van der Waals surface area (Å²) < 4.78 is 15.2. The van der Waals surface area contributed by atoms with Crippen LogP contribution in [-0.4, -0.2) is 29.5 Å². The number of aromatic nitrogens is 6. The molecule has 5 rings (SSSR count). The van der Waals surface area contributed by atoms with Crippen LogP contribution in [-0.2, 0) is 6.42 Å². The number of hydrogen-bond donors (Lipinski definition) is 1. The molecule has 0 spiro atoms. The second-order valence-corrected chi connectivity index (χ2v) is 6.98. The molecule has 8 heteroatoms. The van der Waals surface area contributed by atoms with Crippen molar-refractivity contribution in [3.8, 4) is 28.6 Å². The number of rotatable bonds is 4. The highest BCUT2D eigenvalue weighted by atomic mass is 19.1. The molecule has 0 fully saturated rings. The fraction of sp³-hybridized carbons (Fsp3) is 0.222. The number of anilines is 1. The van der Waals surface area contributed by atoms with Gasteiger partial charge in [0, 0.05) is 18.1 Å². The number of nitrogens with zero attached hydrogens (tertiary/aromatic N) is 6. The Kier molecular flexibility index (Phi) is 8.56. The second-order valence-electron chi connectivity index (χ2n) is 6.98. The highest BCUT2D eigenvalue weighted by Crippen LogP contribution is 2.30. The van der Waals surface area contributed by atoms with E-state index in [1.54, 1.807) is 18.5 Å². The third kappa shape index (κ3) is 5.32. The number of benzene rings is 1. The predicted molar refractivity (Wildman–Crippen MR) is 140 cm³/mol. The molecule has 180 valence electrons. The first-order valence-corrected chi connectivity index (χ1v) is 11.8. The molecule has 4 heterocycles. The van der Waals surface area contributed by atoms with Crippen LogP contribution in [0, 0.1) is 5.82 Å². The maximum absolute atomic E-state index is 13.3. The normalized spacial score (nSPS) is 10.2. The van der Waals surface area contributed by atoms with Crippen molar-refractivity contribution in [1.29, 1.82) is 0 Å². The Hall–Kier alpha value is -4.20. The minimum Gasteiger partial charge on any atom is -0.382 e. The number of pyridine rings is 2. The topological polar surface area (TPSA) is 95.4 Å². The molecule has 0 aliphatic rings. The third-order valence-electron chi connectivity index (χ3n) is 5.04. The van der Waals surface area contributed by atoms with Gasteiger partial charge in [-0.1, -0.05) is 46.8 Å². The zero-order valence-electron chi connectivity index (χ0n) is 20.7. The van der Waals surface area contributed by atoms with Crippen molar-refractivity contribution >= 4 is 17.0 Å². The monoisotopic (exact) mass is 471 g/mol. The predicted octanol–water partition coefficient (Wildman–Crippen LogP) is 6.28. The number of imidazole rings is 1. The van der Waals surface area contributed by atoms with Crippen molar-refractivity contribution in [2.24, 2.45) is 0 Å². The van der Waals surface area contributed by atoms with E-state index in [1.165, 1.54) is 17.8 Å². The van der Waals surface area contributed by atoms with E-state index in [1.807, 2.05) is 56.5 Å². The van der Waals surface area contributed by atoms with Gasteiger partial charge in [0.25, 0.3) is 0 Å². The van der Waals surface area contributed by atoms with E-state index in [9.17, 15) is 4.39 Å². The molecule has 0 aliphatic heterocycles. The van der Waals surface area contributed by atoms with Gasteiger partial charge in [-0.15, -0.1) is 0 Å². The lowest BCUT2D eigenvalue weighted by atomic mass is 10.1. The Bertz CT molecular complexity index is 1380. The lowest BCUT2D eigenvalue weighted by molar-refractivity contribution is 0.622. The summed E-state index contributed by atoms with van der Waals surface area (Å²) in [5, 5.41) is 0. The lowest BCUT2D eigenvalue weighted by Gasteiger charge is -2.10. The first kappa shape index (κ1) is 25.4. The Morgan fingerprint density at radius 2 is 1.49 bits per heavy atom. The summed E-state index contributed by atoms with van der Waals surface area (Å²) in [6.45, 7) is 10.1. The molecule has 0 saturated carbocycles. The molecule has 0 unspecified atom stereocenters. The number of aryl methyl sites for hydroxylation is 1. The highest BCUT2D eigenvalue weighted by Gasteiger charge is 2.19. The molecule has 4 aromatic heterocycles. The van der Waals surface area contributed by atoms with Crippen LogP contribution in [0.5, 0.6) is 0 Å². The van der Waals surface area contributed by atoms with Crippen molar-refractivity contribution < 1.29 is 4.39 Å². The van der Waals surface area contributed by atoms with Gasteiger partial charge in [0.15, 0.2) is 17.3 Å². The Morgan fingerprint density at radius 3 is 2.11 bits per heavy atom. The summed E-state index contributed by atoms with van der Waals surface area (Å²) >= 11 is 0. The van der Waals surface area contributed by atoms with Crippen LogP contribution >= 0.6 is 0 Å². The first-order valence-electron chi connectivity index (χ1n) is 11.8. The lowest BCUT2D eigenvalue weighted by Crippen LogP contribution is -2.04. The molecule has 0 amide bonds. The summed E-state index contributed by atoms with van der Waals surface area (Å²) in [5.41, 5.74) is 11.1. The quantitative estimate of drug-likeness (QED) is 0.332. The average molecular weight is 472 g/mol. The number of nitrogens with two attached hydrogens (primary N) is 1. The van der Waals surface area contributed by atoms with Crippen LogP contribution < -0.4 is 5.73 Å². The van der Waals surface area contributed by atoms with Crippen LogP contribution in [0.25, 0.3) is 39.8 Å². The molecular weight excluding hydrogens is 441 g/mol. The third-order valence-corrected chi connectivity index (χ3v) is 5.04. The Morgan fingerprint density at radius 1 is 0.800 bits per heavy atom. The van der Waals surface area contributed by atoms with Crippen LogP contribution in [0.1, 0.15) is 40.2 Å². The molecule has 0 atom stereocenters. The summed E-state index contributed by atoms with van der Waals surface area (Å²) in [7, 11) is 0. The fourth-order valence-corrected chi connectivity index (χ4v) is 3.43. The molecule has 0 saturated heterocycles. The van der Waals surface area contributed by atoms with Crippen LogP contribution in [0.3, 0.4) is 0 Å². The minimum absolute atomic E-state index is 0.282. The van der Waals surface area contributed by atoms with Crippen LogP contribution in [0.4, 0.5) is 10.2 Å². The maximum atomic E-state index is 13.3. The largest absolute Gasteiger partial charge is 0.382 e. The molecule has 7 nitrogen and oxygen atoms in total. The molecule has 2 N–H and O–H groups in total. The van der Waals surface area contributed by atoms with Crippen molar-refractivity contribution in [3.63, 3.8) is 0 Å². The number of hydrogen-bond acceptors (Lipinski definition) is 6. The molecule has 0 radical (unpaired) electrons. The van der Waals surface area contributed by atoms with Gasteiger partial charge in [0.1, 0.15) is 17.0 Å². The summed E-state index contributed by atoms with van der Waals surface area (Å²) in [6, 6.07) is 14.8. The Balaban J connectivity index is 0.000000815. The van der Waals surface area contributed by atoms with Crippen LogP contribution in [0.15, 0.2) is 67.1 Å². The highest BCUT2D eigenvalue weighted by molar-refractivity contribution is 5.83. The molecular formula is C27H30FN7. The van der Waals surface area contributed by atoms with E-state index >= 15 is 0 Å².